The van der Waals surface area contributed by atoms with Crippen LogP contribution >= 0.6 is 0 Å². The lowest BCUT2D eigenvalue weighted by atomic mass is 9.87. The lowest BCUT2D eigenvalue weighted by molar-refractivity contribution is -0.313. The molecule has 20 heavy (non-hydrogen) atoms. The van der Waals surface area contributed by atoms with Crippen molar-refractivity contribution in [3.63, 3.8) is 0 Å². The van der Waals surface area contributed by atoms with Gasteiger partial charge in [0, 0.05) is 6.54 Å². The van der Waals surface area contributed by atoms with E-state index in [0.717, 1.165) is 9.87 Å². The summed E-state index contributed by atoms with van der Waals surface area (Å²) in [5, 5.41) is 10.8. The number of aliphatic carboxylic acids is 1. The quantitative estimate of drug-likeness (QED) is 0.813. The standard InChI is InChI=1S/C14H19NO4S/c1-14(2,3)10-4-6-11(7-5-10)20(18,19)15-9-8-12(15)13(16)17/h4-7,12H,8-9H2,1-3H3,(H,16,17)/p-1/t12-/m0/s1. The molecule has 5 nitrogen and oxygen atoms in total. The number of benzene rings is 1. The van der Waals surface area contributed by atoms with Gasteiger partial charge in [-0.15, -0.1) is 0 Å². The van der Waals surface area contributed by atoms with Crippen molar-refractivity contribution >= 4 is 16.0 Å². The summed E-state index contributed by atoms with van der Waals surface area (Å²) in [5.74, 6) is -1.34. The SMILES string of the molecule is CC(C)(C)c1ccc(S(=O)(=O)N2CC[C@H]2C(=O)[O-])cc1. The van der Waals surface area contributed by atoms with Crippen LogP contribution in [-0.4, -0.2) is 31.3 Å². The maximum atomic E-state index is 12.3. The third-order valence-electron chi connectivity index (χ3n) is 3.57. The van der Waals surface area contributed by atoms with Crippen molar-refractivity contribution in [2.24, 2.45) is 0 Å². The summed E-state index contributed by atoms with van der Waals surface area (Å²) in [5.41, 5.74) is 0.962. The van der Waals surface area contributed by atoms with E-state index in [0.29, 0.717) is 6.42 Å². The fourth-order valence-electron chi connectivity index (χ4n) is 2.15. The number of rotatable bonds is 3. The molecule has 1 aromatic carbocycles. The van der Waals surface area contributed by atoms with E-state index in [1.165, 1.54) is 12.1 Å². The van der Waals surface area contributed by atoms with Crippen LogP contribution in [0.15, 0.2) is 29.2 Å². The first kappa shape index (κ1) is 15.0. The number of carboxylic acids is 1. The molecule has 0 saturated carbocycles. The van der Waals surface area contributed by atoms with Crippen molar-refractivity contribution in [1.29, 1.82) is 0 Å². The Morgan fingerprint density at radius 3 is 2.15 bits per heavy atom. The molecule has 0 radical (unpaired) electrons. The van der Waals surface area contributed by atoms with Gasteiger partial charge in [-0.3, -0.25) is 0 Å². The molecule has 110 valence electrons. The lowest BCUT2D eigenvalue weighted by Gasteiger charge is -2.40. The normalized spacial score (nSPS) is 20.4. The van der Waals surface area contributed by atoms with E-state index in [1.807, 2.05) is 20.8 Å². The first-order valence-electron chi connectivity index (χ1n) is 6.47. The summed E-state index contributed by atoms with van der Waals surface area (Å²) in [6, 6.07) is 5.55. The lowest BCUT2D eigenvalue weighted by Crippen LogP contribution is -2.58. The highest BCUT2D eigenvalue weighted by atomic mass is 32.2. The second kappa shape index (κ2) is 4.86. The molecule has 0 spiro atoms. The van der Waals surface area contributed by atoms with Gasteiger partial charge in [0.15, 0.2) is 0 Å². The number of carbonyl (C=O) groups excluding carboxylic acids is 1. The molecule has 1 atom stereocenters. The third-order valence-corrected chi connectivity index (χ3v) is 5.49. The van der Waals surface area contributed by atoms with Gasteiger partial charge in [-0.25, -0.2) is 8.42 Å². The Morgan fingerprint density at radius 1 is 1.25 bits per heavy atom. The zero-order valence-electron chi connectivity index (χ0n) is 11.8. The Bertz CT molecular complexity index is 614. The van der Waals surface area contributed by atoms with E-state index < -0.39 is 22.0 Å². The van der Waals surface area contributed by atoms with Crippen LogP contribution in [0.3, 0.4) is 0 Å². The van der Waals surface area contributed by atoms with Crippen LogP contribution in [0.25, 0.3) is 0 Å². The van der Waals surface area contributed by atoms with Crippen LogP contribution in [0.4, 0.5) is 0 Å². The monoisotopic (exact) mass is 296 g/mol. The van der Waals surface area contributed by atoms with Crippen molar-refractivity contribution in [1.82, 2.24) is 4.31 Å². The fraction of sp³-hybridized carbons (Fsp3) is 0.500. The van der Waals surface area contributed by atoms with Crippen molar-refractivity contribution in [3.8, 4) is 0 Å². The largest absolute Gasteiger partial charge is 0.548 e. The Morgan fingerprint density at radius 2 is 1.80 bits per heavy atom. The Balaban J connectivity index is 2.29. The van der Waals surface area contributed by atoms with Gasteiger partial charge in [0.05, 0.1) is 16.9 Å². The minimum atomic E-state index is -3.75. The first-order chi connectivity index (χ1) is 9.14. The summed E-state index contributed by atoms with van der Waals surface area (Å²) in [6.07, 6.45) is 0.307. The average molecular weight is 296 g/mol. The van der Waals surface area contributed by atoms with Crippen LogP contribution < -0.4 is 5.11 Å². The molecule has 1 aliphatic rings. The van der Waals surface area contributed by atoms with Gasteiger partial charge in [0.25, 0.3) is 0 Å². The second-order valence-electron chi connectivity index (χ2n) is 6.01. The molecule has 1 fully saturated rings. The highest BCUT2D eigenvalue weighted by Gasteiger charge is 2.39. The van der Waals surface area contributed by atoms with Crippen LogP contribution in [0, 0.1) is 0 Å². The van der Waals surface area contributed by atoms with Gasteiger partial charge in [0.1, 0.15) is 0 Å². The van der Waals surface area contributed by atoms with E-state index in [1.54, 1.807) is 12.1 Å². The number of sulfonamides is 1. The second-order valence-corrected chi connectivity index (χ2v) is 7.90. The Hall–Kier alpha value is -1.40. The van der Waals surface area contributed by atoms with Gasteiger partial charge in [-0.2, -0.15) is 4.31 Å². The smallest absolute Gasteiger partial charge is 0.243 e. The number of hydrogen-bond donors (Lipinski definition) is 0. The average Bonchev–Trinajstić information content (AvgIpc) is 2.25. The van der Waals surface area contributed by atoms with Crippen molar-refractivity contribution in [2.75, 3.05) is 6.54 Å². The molecule has 6 heteroatoms. The molecule has 1 saturated heterocycles. The predicted molar refractivity (Wildman–Crippen MR) is 72.4 cm³/mol. The van der Waals surface area contributed by atoms with Crippen molar-refractivity contribution in [3.05, 3.63) is 29.8 Å². The maximum Gasteiger partial charge on any atom is 0.243 e. The van der Waals surface area contributed by atoms with Gasteiger partial charge in [0.2, 0.25) is 10.0 Å². The molecule has 1 aromatic rings. The van der Waals surface area contributed by atoms with Crippen LogP contribution in [0.5, 0.6) is 0 Å². The van der Waals surface area contributed by atoms with Crippen LogP contribution in [0.2, 0.25) is 0 Å². The number of carbonyl (C=O) groups is 1. The number of carboxylic acid groups (broad SMARTS) is 1. The van der Waals surface area contributed by atoms with E-state index in [2.05, 4.69) is 0 Å². The minimum Gasteiger partial charge on any atom is -0.548 e. The molecule has 0 unspecified atom stereocenters. The third kappa shape index (κ3) is 2.58. The fourth-order valence-corrected chi connectivity index (χ4v) is 3.77. The zero-order chi connectivity index (χ0) is 15.1. The summed E-state index contributed by atoms with van der Waals surface area (Å²) < 4.78 is 25.6. The molecule has 2 rings (SSSR count). The minimum absolute atomic E-state index is 0.0629. The number of hydrogen-bond acceptors (Lipinski definition) is 4. The maximum absolute atomic E-state index is 12.3. The zero-order valence-corrected chi connectivity index (χ0v) is 12.6. The molecule has 0 amide bonds. The van der Waals surface area contributed by atoms with Gasteiger partial charge < -0.3 is 9.90 Å². The van der Waals surface area contributed by atoms with E-state index in [-0.39, 0.29) is 16.9 Å². The van der Waals surface area contributed by atoms with Gasteiger partial charge in [-0.1, -0.05) is 32.9 Å². The van der Waals surface area contributed by atoms with Gasteiger partial charge in [-0.05, 0) is 29.5 Å². The predicted octanol–water partition coefficient (Wildman–Crippen LogP) is 0.497. The van der Waals surface area contributed by atoms with Crippen LogP contribution in [0.1, 0.15) is 32.8 Å². The first-order valence-corrected chi connectivity index (χ1v) is 7.91. The van der Waals surface area contributed by atoms with Crippen LogP contribution in [-0.2, 0) is 20.2 Å². The molecule has 0 aliphatic carbocycles. The summed E-state index contributed by atoms with van der Waals surface area (Å²) >= 11 is 0. The van der Waals surface area contributed by atoms with Crippen molar-refractivity contribution in [2.45, 2.75) is 43.5 Å². The summed E-state index contributed by atoms with van der Waals surface area (Å²) in [4.78, 5) is 11.0. The molecule has 1 heterocycles. The Kier molecular flexibility index (Phi) is 3.64. The molecule has 1 aliphatic heterocycles. The van der Waals surface area contributed by atoms with E-state index in [9.17, 15) is 18.3 Å². The molecular weight excluding hydrogens is 278 g/mol. The van der Waals surface area contributed by atoms with Crippen molar-refractivity contribution < 1.29 is 18.3 Å². The summed E-state index contributed by atoms with van der Waals surface area (Å²) in [7, 11) is -3.75. The summed E-state index contributed by atoms with van der Waals surface area (Å²) in [6.45, 7) is 6.34. The molecular formula is C14H18NO4S-. The van der Waals surface area contributed by atoms with E-state index in [4.69, 9.17) is 0 Å². The highest BCUT2D eigenvalue weighted by molar-refractivity contribution is 7.89. The molecule has 0 bridgehead atoms. The number of nitrogens with zero attached hydrogens (tertiary/aromatic N) is 1. The Labute approximate surface area is 119 Å². The van der Waals surface area contributed by atoms with Gasteiger partial charge >= 0.3 is 0 Å². The molecule has 0 N–H and O–H groups in total. The van der Waals surface area contributed by atoms with E-state index >= 15 is 0 Å². The highest BCUT2D eigenvalue weighted by Crippen LogP contribution is 2.28. The topological polar surface area (TPSA) is 77.5 Å². The molecule has 0 aromatic heterocycles.